The minimum atomic E-state index is -0.0102. The molecule has 1 aliphatic rings. The number of hydrogen-bond donors (Lipinski definition) is 2. The molecule has 164 valence electrons. The van der Waals surface area contributed by atoms with Gasteiger partial charge in [-0.3, -0.25) is 14.6 Å². The lowest BCUT2D eigenvalue weighted by Crippen LogP contribution is -2.38. The molecule has 0 aliphatic carbocycles. The summed E-state index contributed by atoms with van der Waals surface area (Å²) in [6.07, 6.45) is 2.17. The standard InChI is InChI=1S/C24H31N5O2/c1-25-24(27-17-18-10-12-20(13-11-18)23(31)28(2)3)26-15-6-9-22(30)29-16-14-19-7-4-5-8-21(19)29/h4-5,7-8,10-13H,6,9,14-17H2,1-3H3,(H2,25,26,27). The lowest BCUT2D eigenvalue weighted by molar-refractivity contribution is -0.118. The van der Waals surface area contributed by atoms with E-state index in [9.17, 15) is 9.59 Å². The molecule has 7 nitrogen and oxygen atoms in total. The van der Waals surface area contributed by atoms with E-state index in [1.807, 2.05) is 47.4 Å². The lowest BCUT2D eigenvalue weighted by atomic mass is 10.1. The average molecular weight is 422 g/mol. The second-order valence-electron chi connectivity index (χ2n) is 7.78. The monoisotopic (exact) mass is 421 g/mol. The van der Waals surface area contributed by atoms with Crippen LogP contribution >= 0.6 is 0 Å². The SMILES string of the molecule is CN=C(NCCCC(=O)N1CCc2ccccc21)NCc1ccc(C(=O)N(C)C)cc1. The summed E-state index contributed by atoms with van der Waals surface area (Å²) in [5, 5.41) is 6.52. The Hall–Kier alpha value is -3.35. The molecular formula is C24H31N5O2. The van der Waals surface area contributed by atoms with Crippen molar-refractivity contribution in [2.24, 2.45) is 4.99 Å². The fraction of sp³-hybridized carbons (Fsp3) is 0.375. The Morgan fingerprint density at radius 1 is 1.06 bits per heavy atom. The van der Waals surface area contributed by atoms with Gasteiger partial charge in [-0.25, -0.2) is 0 Å². The van der Waals surface area contributed by atoms with Gasteiger partial charge in [0, 0.05) is 58.4 Å². The number of aliphatic imine (C=N–C) groups is 1. The molecule has 1 heterocycles. The number of fused-ring (bicyclic) bond motifs is 1. The van der Waals surface area contributed by atoms with E-state index >= 15 is 0 Å². The Morgan fingerprint density at radius 3 is 2.52 bits per heavy atom. The molecule has 2 amide bonds. The second kappa shape index (κ2) is 10.6. The molecule has 7 heteroatoms. The summed E-state index contributed by atoms with van der Waals surface area (Å²) < 4.78 is 0. The fourth-order valence-corrected chi connectivity index (χ4v) is 3.61. The molecule has 2 N–H and O–H groups in total. The smallest absolute Gasteiger partial charge is 0.253 e. The van der Waals surface area contributed by atoms with Gasteiger partial charge in [0.25, 0.3) is 5.91 Å². The molecule has 31 heavy (non-hydrogen) atoms. The average Bonchev–Trinajstić information content (AvgIpc) is 3.22. The van der Waals surface area contributed by atoms with Gasteiger partial charge in [-0.05, 0) is 42.2 Å². The third-order valence-corrected chi connectivity index (χ3v) is 5.34. The molecule has 0 saturated heterocycles. The first kappa shape index (κ1) is 22.3. The Bertz CT molecular complexity index is 937. The van der Waals surface area contributed by atoms with Crippen molar-refractivity contribution in [3.8, 4) is 0 Å². The molecule has 0 unspecified atom stereocenters. The van der Waals surface area contributed by atoms with Crippen LogP contribution in [0.3, 0.4) is 0 Å². The highest BCUT2D eigenvalue weighted by atomic mass is 16.2. The van der Waals surface area contributed by atoms with Gasteiger partial charge < -0.3 is 20.4 Å². The molecule has 0 spiro atoms. The topological polar surface area (TPSA) is 77.0 Å². The largest absolute Gasteiger partial charge is 0.356 e. The van der Waals surface area contributed by atoms with Crippen LogP contribution in [0.15, 0.2) is 53.5 Å². The summed E-state index contributed by atoms with van der Waals surface area (Å²) in [7, 11) is 5.20. The van der Waals surface area contributed by atoms with Gasteiger partial charge in [-0.15, -0.1) is 0 Å². The quantitative estimate of drug-likeness (QED) is 0.409. The summed E-state index contributed by atoms with van der Waals surface area (Å²) in [5.74, 6) is 0.846. The Morgan fingerprint density at radius 2 is 1.81 bits per heavy atom. The molecule has 2 aromatic carbocycles. The van der Waals surface area contributed by atoms with Crippen molar-refractivity contribution in [3.63, 3.8) is 0 Å². The van der Waals surface area contributed by atoms with Gasteiger partial charge in [0.15, 0.2) is 5.96 Å². The number of benzene rings is 2. The van der Waals surface area contributed by atoms with E-state index in [1.54, 1.807) is 26.0 Å². The first-order valence-corrected chi connectivity index (χ1v) is 10.6. The van der Waals surface area contributed by atoms with Gasteiger partial charge in [-0.1, -0.05) is 30.3 Å². The van der Waals surface area contributed by atoms with Crippen molar-refractivity contribution >= 4 is 23.5 Å². The number of rotatable bonds is 7. The molecule has 0 bridgehead atoms. The molecule has 1 aliphatic heterocycles. The van der Waals surface area contributed by atoms with Gasteiger partial charge in [0.2, 0.25) is 5.91 Å². The van der Waals surface area contributed by atoms with Crippen LogP contribution in [0, 0.1) is 0 Å². The molecule has 0 aromatic heterocycles. The van der Waals surface area contributed by atoms with E-state index in [0.29, 0.717) is 31.0 Å². The lowest BCUT2D eigenvalue weighted by Gasteiger charge is -2.17. The summed E-state index contributed by atoms with van der Waals surface area (Å²) in [6.45, 7) is 2.03. The number of amides is 2. The van der Waals surface area contributed by atoms with Gasteiger partial charge >= 0.3 is 0 Å². The summed E-state index contributed by atoms with van der Waals surface area (Å²) in [5.41, 5.74) is 4.02. The van der Waals surface area contributed by atoms with E-state index in [-0.39, 0.29) is 11.8 Å². The number of carbonyl (C=O) groups excluding carboxylic acids is 2. The summed E-state index contributed by atoms with van der Waals surface area (Å²) >= 11 is 0. The first-order chi connectivity index (χ1) is 15.0. The molecule has 0 fully saturated rings. The predicted octanol–water partition coefficient (Wildman–Crippen LogP) is 2.42. The number of hydrogen-bond acceptors (Lipinski definition) is 3. The van der Waals surface area contributed by atoms with Crippen LogP contribution in [-0.2, 0) is 17.8 Å². The minimum Gasteiger partial charge on any atom is -0.356 e. The molecule has 3 rings (SSSR count). The van der Waals surface area contributed by atoms with Crippen molar-refractivity contribution in [1.82, 2.24) is 15.5 Å². The number of para-hydroxylation sites is 1. The van der Waals surface area contributed by atoms with Gasteiger partial charge in [0.1, 0.15) is 0 Å². The van der Waals surface area contributed by atoms with Crippen molar-refractivity contribution in [2.45, 2.75) is 25.8 Å². The molecule has 0 radical (unpaired) electrons. The normalized spacial score (nSPS) is 13.0. The van der Waals surface area contributed by atoms with Crippen LogP contribution in [0.4, 0.5) is 5.69 Å². The zero-order chi connectivity index (χ0) is 22.2. The van der Waals surface area contributed by atoms with Crippen LogP contribution < -0.4 is 15.5 Å². The maximum atomic E-state index is 12.6. The Balaban J connectivity index is 1.39. The second-order valence-corrected chi connectivity index (χ2v) is 7.78. The van der Waals surface area contributed by atoms with Crippen LogP contribution in [0.5, 0.6) is 0 Å². The minimum absolute atomic E-state index is 0.0102. The van der Waals surface area contributed by atoms with Gasteiger partial charge in [0.05, 0.1) is 0 Å². The highest BCUT2D eigenvalue weighted by molar-refractivity contribution is 5.95. The predicted molar refractivity (Wildman–Crippen MR) is 124 cm³/mol. The third kappa shape index (κ3) is 5.84. The van der Waals surface area contributed by atoms with Crippen molar-refractivity contribution in [3.05, 3.63) is 65.2 Å². The maximum Gasteiger partial charge on any atom is 0.253 e. The Kier molecular flexibility index (Phi) is 7.65. The first-order valence-electron chi connectivity index (χ1n) is 10.6. The number of guanidine groups is 1. The molecule has 0 saturated carbocycles. The highest BCUT2D eigenvalue weighted by Crippen LogP contribution is 2.27. The van der Waals surface area contributed by atoms with Crippen LogP contribution in [0.2, 0.25) is 0 Å². The van der Waals surface area contributed by atoms with Crippen LogP contribution in [-0.4, -0.2) is 56.9 Å². The van der Waals surface area contributed by atoms with Crippen molar-refractivity contribution < 1.29 is 9.59 Å². The molecule has 0 atom stereocenters. The summed E-state index contributed by atoms with van der Waals surface area (Å²) in [4.78, 5) is 32.2. The van der Waals surface area contributed by atoms with E-state index in [2.05, 4.69) is 21.7 Å². The van der Waals surface area contributed by atoms with Crippen molar-refractivity contribution in [1.29, 1.82) is 0 Å². The summed E-state index contributed by atoms with van der Waals surface area (Å²) in [6, 6.07) is 15.6. The number of carbonyl (C=O) groups is 2. The molecule has 2 aromatic rings. The zero-order valence-corrected chi connectivity index (χ0v) is 18.5. The van der Waals surface area contributed by atoms with Crippen LogP contribution in [0.25, 0.3) is 0 Å². The van der Waals surface area contributed by atoms with Crippen molar-refractivity contribution in [2.75, 3.05) is 39.1 Å². The van der Waals surface area contributed by atoms with Gasteiger partial charge in [-0.2, -0.15) is 0 Å². The van der Waals surface area contributed by atoms with E-state index in [4.69, 9.17) is 0 Å². The number of nitrogens with zero attached hydrogens (tertiary/aromatic N) is 3. The van der Waals surface area contributed by atoms with E-state index in [0.717, 1.165) is 30.6 Å². The highest BCUT2D eigenvalue weighted by Gasteiger charge is 2.23. The van der Waals surface area contributed by atoms with E-state index in [1.165, 1.54) is 5.56 Å². The van der Waals surface area contributed by atoms with E-state index < -0.39 is 0 Å². The fourth-order valence-electron chi connectivity index (χ4n) is 3.61. The zero-order valence-electron chi connectivity index (χ0n) is 18.5. The number of anilines is 1. The third-order valence-electron chi connectivity index (χ3n) is 5.34. The maximum absolute atomic E-state index is 12.6. The van der Waals surface area contributed by atoms with Crippen LogP contribution in [0.1, 0.15) is 34.3 Å². The Labute approximate surface area is 184 Å². The molecular weight excluding hydrogens is 390 g/mol. The number of nitrogens with one attached hydrogen (secondary N) is 2.